The Morgan fingerprint density at radius 2 is 1.72 bits per heavy atom. The molecule has 1 amide bonds. The largest absolute Gasteiger partial charge is 0.353 e. The highest BCUT2D eigenvalue weighted by molar-refractivity contribution is 7.89. The van der Waals surface area contributed by atoms with E-state index >= 15 is 0 Å². The molecular weight excluding hydrogens is 391 g/mol. The first-order valence-corrected chi connectivity index (χ1v) is 11.4. The van der Waals surface area contributed by atoms with E-state index < -0.39 is 15.8 Å². The second-order valence-electron chi connectivity index (χ2n) is 7.57. The van der Waals surface area contributed by atoms with Gasteiger partial charge in [0.05, 0.1) is 4.90 Å². The van der Waals surface area contributed by atoms with Crippen LogP contribution >= 0.6 is 0 Å². The Bertz CT molecular complexity index is 909. The molecule has 1 heterocycles. The quantitative estimate of drug-likeness (QED) is 0.750. The molecular formula is C22H27FN2O3S. The third-order valence-corrected chi connectivity index (χ3v) is 7.29. The molecule has 0 saturated carbocycles. The van der Waals surface area contributed by atoms with Crippen molar-refractivity contribution in [1.82, 2.24) is 9.62 Å². The Balaban J connectivity index is 1.48. The number of amides is 1. The maximum atomic E-state index is 13.1. The molecule has 3 rings (SSSR count). The molecule has 1 aliphatic heterocycles. The fraction of sp³-hybridized carbons (Fsp3) is 0.409. The molecule has 1 atom stereocenters. The normalized spacial score (nSPS) is 17.0. The average Bonchev–Trinajstić information content (AvgIpc) is 2.73. The summed E-state index contributed by atoms with van der Waals surface area (Å²) in [6, 6.07) is 15.0. The molecule has 1 saturated heterocycles. The number of hydrogen-bond donors (Lipinski definition) is 1. The maximum Gasteiger partial charge on any atom is 0.243 e. The van der Waals surface area contributed by atoms with Crippen molar-refractivity contribution < 1.29 is 17.6 Å². The van der Waals surface area contributed by atoms with Crippen LogP contribution in [0.15, 0.2) is 59.5 Å². The van der Waals surface area contributed by atoms with E-state index in [0.717, 1.165) is 25.0 Å². The summed E-state index contributed by atoms with van der Waals surface area (Å²) < 4.78 is 39.8. The number of halogens is 1. The number of aryl methyl sites for hydroxylation is 1. The van der Waals surface area contributed by atoms with Crippen molar-refractivity contribution in [2.75, 3.05) is 13.1 Å². The summed E-state index contributed by atoms with van der Waals surface area (Å²) in [7, 11) is -3.66. The van der Waals surface area contributed by atoms with Crippen molar-refractivity contribution in [2.45, 2.75) is 43.5 Å². The minimum absolute atomic E-state index is 0.00982. The lowest BCUT2D eigenvalue weighted by atomic mass is 9.96. The molecule has 0 bridgehead atoms. The van der Waals surface area contributed by atoms with Gasteiger partial charge in [-0.05, 0) is 62.4 Å². The van der Waals surface area contributed by atoms with Crippen molar-refractivity contribution in [1.29, 1.82) is 0 Å². The van der Waals surface area contributed by atoms with Gasteiger partial charge in [-0.15, -0.1) is 0 Å². The Kier molecular flexibility index (Phi) is 7.03. The predicted octanol–water partition coefficient (Wildman–Crippen LogP) is 3.36. The van der Waals surface area contributed by atoms with Crippen LogP contribution in [0.25, 0.3) is 0 Å². The highest BCUT2D eigenvalue weighted by Crippen LogP contribution is 2.24. The second-order valence-corrected chi connectivity index (χ2v) is 9.50. The Hall–Kier alpha value is -2.25. The van der Waals surface area contributed by atoms with Crippen LogP contribution in [0.4, 0.5) is 4.39 Å². The topological polar surface area (TPSA) is 66.5 Å². The van der Waals surface area contributed by atoms with E-state index in [-0.39, 0.29) is 35.9 Å². The summed E-state index contributed by atoms with van der Waals surface area (Å²) in [6.07, 6.45) is 2.72. The molecule has 1 aliphatic rings. The number of carbonyl (C=O) groups excluding carboxylic acids is 1. The number of carbonyl (C=O) groups is 1. The Morgan fingerprint density at radius 3 is 2.34 bits per heavy atom. The zero-order valence-corrected chi connectivity index (χ0v) is 17.4. The van der Waals surface area contributed by atoms with Crippen LogP contribution < -0.4 is 5.32 Å². The molecule has 1 N–H and O–H groups in total. The molecule has 0 unspecified atom stereocenters. The van der Waals surface area contributed by atoms with Gasteiger partial charge in [0.25, 0.3) is 0 Å². The number of nitrogens with one attached hydrogen (secondary N) is 1. The van der Waals surface area contributed by atoms with Crippen LogP contribution in [0.1, 0.15) is 31.7 Å². The van der Waals surface area contributed by atoms with Gasteiger partial charge in [-0.1, -0.05) is 30.3 Å². The van der Waals surface area contributed by atoms with E-state index in [1.807, 2.05) is 25.1 Å². The summed E-state index contributed by atoms with van der Waals surface area (Å²) in [5.41, 5.74) is 1.24. The third kappa shape index (κ3) is 5.64. The lowest BCUT2D eigenvalue weighted by Crippen LogP contribution is -2.44. The molecule has 5 nitrogen and oxygen atoms in total. The third-order valence-electron chi connectivity index (χ3n) is 5.37. The Morgan fingerprint density at radius 1 is 1.10 bits per heavy atom. The zero-order chi connectivity index (χ0) is 20.9. The summed E-state index contributed by atoms with van der Waals surface area (Å²) in [5.74, 6) is -0.668. The summed E-state index contributed by atoms with van der Waals surface area (Å²) >= 11 is 0. The van der Waals surface area contributed by atoms with E-state index in [1.165, 1.54) is 22.0 Å². The SMILES string of the molecule is C[C@H](CCc1ccccc1)NC(=O)C1CCN(S(=O)(=O)c2ccc(F)cc2)CC1. The standard InChI is InChI=1S/C22H27FN2O3S/c1-17(7-8-18-5-3-2-4-6-18)24-22(26)19-13-15-25(16-14-19)29(27,28)21-11-9-20(23)10-12-21/h2-6,9-12,17,19H,7-8,13-16H2,1H3,(H,24,26)/t17-/m1/s1. The lowest BCUT2D eigenvalue weighted by molar-refractivity contribution is -0.126. The van der Waals surface area contributed by atoms with Crippen LogP contribution in [0.5, 0.6) is 0 Å². The van der Waals surface area contributed by atoms with E-state index in [1.54, 1.807) is 0 Å². The molecule has 0 radical (unpaired) electrons. The highest BCUT2D eigenvalue weighted by atomic mass is 32.2. The second kappa shape index (κ2) is 9.50. The molecule has 2 aromatic carbocycles. The maximum absolute atomic E-state index is 13.1. The molecule has 29 heavy (non-hydrogen) atoms. The Labute approximate surface area is 172 Å². The number of nitrogens with zero attached hydrogens (tertiary/aromatic N) is 1. The van der Waals surface area contributed by atoms with Crippen molar-refractivity contribution in [3.05, 3.63) is 66.0 Å². The van der Waals surface area contributed by atoms with Gasteiger partial charge in [0.15, 0.2) is 0 Å². The van der Waals surface area contributed by atoms with E-state index in [4.69, 9.17) is 0 Å². The molecule has 0 spiro atoms. The van der Waals surface area contributed by atoms with Gasteiger partial charge in [-0.2, -0.15) is 4.31 Å². The minimum atomic E-state index is -3.66. The molecule has 7 heteroatoms. The average molecular weight is 419 g/mol. The van der Waals surface area contributed by atoms with Crippen LogP contribution in [-0.4, -0.2) is 37.8 Å². The summed E-state index contributed by atoms with van der Waals surface area (Å²) in [5, 5.41) is 3.06. The van der Waals surface area contributed by atoms with Gasteiger partial charge < -0.3 is 5.32 Å². The van der Waals surface area contributed by atoms with Crippen molar-refractivity contribution in [2.24, 2.45) is 5.92 Å². The van der Waals surface area contributed by atoms with E-state index in [2.05, 4.69) is 17.4 Å². The highest BCUT2D eigenvalue weighted by Gasteiger charge is 2.32. The van der Waals surface area contributed by atoms with E-state index in [0.29, 0.717) is 12.8 Å². The van der Waals surface area contributed by atoms with Crippen molar-refractivity contribution >= 4 is 15.9 Å². The minimum Gasteiger partial charge on any atom is -0.353 e. The first kappa shape index (κ1) is 21.5. The van der Waals surface area contributed by atoms with Crippen LogP contribution in [0, 0.1) is 11.7 Å². The van der Waals surface area contributed by atoms with Crippen LogP contribution in [0.3, 0.4) is 0 Å². The van der Waals surface area contributed by atoms with Gasteiger partial charge in [0, 0.05) is 25.0 Å². The molecule has 0 aliphatic carbocycles. The number of rotatable bonds is 7. The lowest BCUT2D eigenvalue weighted by Gasteiger charge is -2.31. The number of piperidine rings is 1. The summed E-state index contributed by atoms with van der Waals surface area (Å²) in [6.45, 7) is 2.57. The fourth-order valence-corrected chi connectivity index (χ4v) is 5.04. The zero-order valence-electron chi connectivity index (χ0n) is 16.6. The number of benzene rings is 2. The van der Waals surface area contributed by atoms with Gasteiger partial charge in [-0.25, -0.2) is 12.8 Å². The number of hydrogen-bond acceptors (Lipinski definition) is 3. The first-order chi connectivity index (χ1) is 13.9. The van der Waals surface area contributed by atoms with Gasteiger partial charge in [0.1, 0.15) is 5.82 Å². The van der Waals surface area contributed by atoms with Gasteiger partial charge >= 0.3 is 0 Å². The molecule has 0 aromatic heterocycles. The molecule has 2 aromatic rings. The smallest absolute Gasteiger partial charge is 0.243 e. The van der Waals surface area contributed by atoms with Crippen LogP contribution in [-0.2, 0) is 21.2 Å². The predicted molar refractivity (Wildman–Crippen MR) is 110 cm³/mol. The fourth-order valence-electron chi connectivity index (χ4n) is 3.57. The van der Waals surface area contributed by atoms with Crippen molar-refractivity contribution in [3.8, 4) is 0 Å². The molecule has 1 fully saturated rings. The van der Waals surface area contributed by atoms with Gasteiger partial charge in [-0.3, -0.25) is 4.79 Å². The van der Waals surface area contributed by atoms with Crippen molar-refractivity contribution in [3.63, 3.8) is 0 Å². The van der Waals surface area contributed by atoms with E-state index in [9.17, 15) is 17.6 Å². The number of sulfonamides is 1. The van der Waals surface area contributed by atoms with Gasteiger partial charge in [0.2, 0.25) is 15.9 Å². The molecule has 156 valence electrons. The first-order valence-electron chi connectivity index (χ1n) is 9.96. The van der Waals surface area contributed by atoms with Crippen LogP contribution in [0.2, 0.25) is 0 Å². The summed E-state index contributed by atoms with van der Waals surface area (Å²) in [4.78, 5) is 12.6. The monoisotopic (exact) mass is 418 g/mol.